The molecule has 0 aliphatic rings. The van der Waals surface area contributed by atoms with Crippen LogP contribution >= 0.6 is 0 Å². The van der Waals surface area contributed by atoms with E-state index in [1.807, 2.05) is 30.3 Å². The van der Waals surface area contributed by atoms with E-state index in [2.05, 4.69) is 20.8 Å². The summed E-state index contributed by atoms with van der Waals surface area (Å²) in [7, 11) is 1.38. The van der Waals surface area contributed by atoms with E-state index in [9.17, 15) is 9.90 Å². The van der Waals surface area contributed by atoms with Crippen molar-refractivity contribution in [3.63, 3.8) is 0 Å². The Labute approximate surface area is 149 Å². The maximum atomic E-state index is 12.3. The number of phenols is 1. The molecular formula is C21H25NO3. The monoisotopic (exact) mass is 339 g/mol. The van der Waals surface area contributed by atoms with Crippen molar-refractivity contribution in [2.45, 2.75) is 33.2 Å². The lowest BCUT2D eigenvalue weighted by Gasteiger charge is -2.24. The van der Waals surface area contributed by atoms with Crippen LogP contribution in [-0.4, -0.2) is 29.9 Å². The van der Waals surface area contributed by atoms with Crippen LogP contribution in [-0.2, 0) is 16.0 Å². The topological polar surface area (TPSA) is 58.9 Å². The largest absolute Gasteiger partial charge is 0.508 e. The molecular weight excluding hydrogens is 314 g/mol. The second kappa shape index (κ2) is 7.97. The van der Waals surface area contributed by atoms with Crippen molar-refractivity contribution in [3.05, 3.63) is 65.7 Å². The van der Waals surface area contributed by atoms with Crippen molar-refractivity contribution in [1.82, 2.24) is 0 Å². The van der Waals surface area contributed by atoms with Gasteiger partial charge in [0.1, 0.15) is 5.75 Å². The molecule has 4 heteroatoms. The van der Waals surface area contributed by atoms with Crippen molar-refractivity contribution < 1.29 is 14.6 Å². The summed E-state index contributed by atoms with van der Waals surface area (Å²) >= 11 is 0. The number of aromatic hydroxyl groups is 1. The molecule has 2 aromatic rings. The van der Waals surface area contributed by atoms with Gasteiger partial charge < -0.3 is 9.84 Å². The average molecular weight is 339 g/mol. The fraction of sp³-hybridized carbons (Fsp3) is 0.333. The van der Waals surface area contributed by atoms with Gasteiger partial charge in [0, 0.05) is 17.5 Å². The highest BCUT2D eigenvalue weighted by molar-refractivity contribution is 6.05. The zero-order valence-electron chi connectivity index (χ0n) is 15.2. The summed E-state index contributed by atoms with van der Waals surface area (Å²) in [6.45, 7) is 6.23. The first-order chi connectivity index (χ1) is 11.8. The predicted octanol–water partition coefficient (Wildman–Crippen LogP) is 4.01. The van der Waals surface area contributed by atoms with Crippen LogP contribution in [0.3, 0.4) is 0 Å². The summed E-state index contributed by atoms with van der Waals surface area (Å²) in [6.07, 6.45) is 0.416. The number of phenolic OH excluding ortho intramolecular Hbond substituents is 1. The lowest BCUT2D eigenvalue weighted by molar-refractivity contribution is -0.142. The van der Waals surface area contributed by atoms with E-state index in [0.717, 1.165) is 16.8 Å². The molecule has 0 spiro atoms. The summed E-state index contributed by atoms with van der Waals surface area (Å²) in [5.74, 6) is -0.174. The molecule has 132 valence electrons. The number of methoxy groups -OCH3 is 1. The SMILES string of the molecule is COC(=O)C(Cc1ccc(O)cc1)N=C(c1ccccc1)C(C)(C)C. The van der Waals surface area contributed by atoms with Crippen molar-refractivity contribution in [2.24, 2.45) is 10.4 Å². The van der Waals surface area contributed by atoms with E-state index in [4.69, 9.17) is 9.73 Å². The number of carbonyl (C=O) groups is 1. The van der Waals surface area contributed by atoms with E-state index in [-0.39, 0.29) is 17.1 Å². The zero-order valence-corrected chi connectivity index (χ0v) is 15.2. The Balaban J connectivity index is 2.42. The first kappa shape index (κ1) is 18.7. The molecule has 2 aromatic carbocycles. The van der Waals surface area contributed by atoms with Gasteiger partial charge >= 0.3 is 5.97 Å². The van der Waals surface area contributed by atoms with Gasteiger partial charge in [-0.15, -0.1) is 0 Å². The average Bonchev–Trinajstić information content (AvgIpc) is 2.59. The number of hydrogen-bond donors (Lipinski definition) is 1. The van der Waals surface area contributed by atoms with Gasteiger partial charge in [-0.3, -0.25) is 4.99 Å². The quantitative estimate of drug-likeness (QED) is 0.661. The minimum absolute atomic E-state index is 0.196. The van der Waals surface area contributed by atoms with Crippen molar-refractivity contribution >= 4 is 11.7 Å². The summed E-state index contributed by atoms with van der Waals surface area (Å²) in [5, 5.41) is 9.43. The van der Waals surface area contributed by atoms with Gasteiger partial charge in [0.25, 0.3) is 0 Å². The Morgan fingerprint density at radius 3 is 2.20 bits per heavy atom. The number of benzene rings is 2. The van der Waals surface area contributed by atoms with Crippen LogP contribution in [0.4, 0.5) is 0 Å². The van der Waals surface area contributed by atoms with E-state index < -0.39 is 6.04 Å². The van der Waals surface area contributed by atoms with Crippen LogP contribution in [0.1, 0.15) is 31.9 Å². The molecule has 4 nitrogen and oxygen atoms in total. The lowest BCUT2D eigenvalue weighted by Crippen LogP contribution is -2.29. The number of hydrogen-bond acceptors (Lipinski definition) is 4. The van der Waals surface area contributed by atoms with Crippen molar-refractivity contribution in [3.8, 4) is 5.75 Å². The fourth-order valence-corrected chi connectivity index (χ4v) is 2.63. The Kier molecular flexibility index (Phi) is 5.97. The molecule has 0 fully saturated rings. The fourth-order valence-electron chi connectivity index (χ4n) is 2.63. The van der Waals surface area contributed by atoms with E-state index >= 15 is 0 Å². The third-order valence-corrected chi connectivity index (χ3v) is 3.88. The number of ether oxygens (including phenoxy) is 1. The maximum absolute atomic E-state index is 12.3. The molecule has 25 heavy (non-hydrogen) atoms. The smallest absolute Gasteiger partial charge is 0.330 e. The van der Waals surface area contributed by atoms with Crippen LogP contribution in [0, 0.1) is 5.41 Å². The Morgan fingerprint density at radius 1 is 1.08 bits per heavy atom. The summed E-state index contributed by atoms with van der Waals surface area (Å²) in [5.41, 5.74) is 2.55. The van der Waals surface area contributed by atoms with Gasteiger partial charge in [-0.2, -0.15) is 0 Å². The molecule has 0 saturated heterocycles. The molecule has 0 radical (unpaired) electrons. The molecule has 0 bridgehead atoms. The first-order valence-corrected chi connectivity index (χ1v) is 8.30. The zero-order chi connectivity index (χ0) is 18.4. The van der Waals surface area contributed by atoms with E-state index in [0.29, 0.717) is 6.42 Å². The highest BCUT2D eigenvalue weighted by Gasteiger charge is 2.26. The molecule has 0 aliphatic heterocycles. The minimum Gasteiger partial charge on any atom is -0.508 e. The van der Waals surface area contributed by atoms with Gasteiger partial charge in [0.2, 0.25) is 0 Å². The molecule has 0 aliphatic carbocycles. The molecule has 0 amide bonds. The number of esters is 1. The van der Waals surface area contributed by atoms with Gasteiger partial charge in [-0.1, -0.05) is 63.2 Å². The van der Waals surface area contributed by atoms with Crippen LogP contribution in [0.2, 0.25) is 0 Å². The molecule has 1 atom stereocenters. The molecule has 1 N–H and O–H groups in total. The van der Waals surface area contributed by atoms with Gasteiger partial charge in [-0.25, -0.2) is 4.79 Å². The molecule has 0 heterocycles. The number of nitrogens with zero attached hydrogens (tertiary/aromatic N) is 1. The van der Waals surface area contributed by atoms with E-state index in [1.165, 1.54) is 7.11 Å². The lowest BCUT2D eigenvalue weighted by atomic mass is 9.85. The van der Waals surface area contributed by atoms with Crippen molar-refractivity contribution in [2.75, 3.05) is 7.11 Å². The summed E-state index contributed by atoms with van der Waals surface area (Å²) in [4.78, 5) is 17.1. The molecule has 0 aromatic heterocycles. The maximum Gasteiger partial charge on any atom is 0.330 e. The normalized spacial score (nSPS) is 13.4. The summed E-state index contributed by atoms with van der Waals surface area (Å²) < 4.78 is 4.96. The highest BCUT2D eigenvalue weighted by atomic mass is 16.5. The standard InChI is InChI=1S/C21H25NO3/c1-21(2,3)19(16-8-6-5-7-9-16)22-18(20(24)25-4)14-15-10-12-17(23)13-11-15/h5-13,18,23H,14H2,1-4H3. The third-order valence-electron chi connectivity index (χ3n) is 3.88. The van der Waals surface area contributed by atoms with Crippen LogP contribution in [0.25, 0.3) is 0 Å². The van der Waals surface area contributed by atoms with Gasteiger partial charge in [0.05, 0.1) is 7.11 Å². The van der Waals surface area contributed by atoms with E-state index in [1.54, 1.807) is 24.3 Å². The second-order valence-electron chi connectivity index (χ2n) is 7.00. The third kappa shape index (κ3) is 5.18. The highest BCUT2D eigenvalue weighted by Crippen LogP contribution is 2.24. The predicted molar refractivity (Wildman–Crippen MR) is 100 cm³/mol. The van der Waals surface area contributed by atoms with Crippen LogP contribution < -0.4 is 0 Å². The number of carbonyl (C=O) groups excluding carboxylic acids is 1. The molecule has 1 unspecified atom stereocenters. The minimum atomic E-state index is -0.635. The Bertz CT molecular complexity index is 728. The number of rotatable bonds is 5. The first-order valence-electron chi connectivity index (χ1n) is 8.30. The number of aliphatic imine (C=N–C) groups is 1. The van der Waals surface area contributed by atoms with Crippen molar-refractivity contribution in [1.29, 1.82) is 0 Å². The Hall–Kier alpha value is -2.62. The molecule has 0 saturated carbocycles. The summed E-state index contributed by atoms with van der Waals surface area (Å²) in [6, 6.07) is 16.0. The van der Waals surface area contributed by atoms with Gasteiger partial charge in [-0.05, 0) is 23.3 Å². The van der Waals surface area contributed by atoms with Gasteiger partial charge in [0.15, 0.2) is 6.04 Å². The Morgan fingerprint density at radius 2 is 1.68 bits per heavy atom. The molecule has 2 rings (SSSR count). The van der Waals surface area contributed by atoms with Crippen LogP contribution in [0.5, 0.6) is 5.75 Å². The van der Waals surface area contributed by atoms with Crippen LogP contribution in [0.15, 0.2) is 59.6 Å². The second-order valence-corrected chi connectivity index (χ2v) is 7.00.